The molecule has 3 N–H and O–H groups in total. The fraction of sp³-hybridized carbons (Fsp3) is 0.250. The van der Waals surface area contributed by atoms with Gasteiger partial charge in [0.25, 0.3) is 5.91 Å². The quantitative estimate of drug-likeness (QED) is 0.851. The number of nitrogens with two attached hydrogens (primary N) is 1. The highest BCUT2D eigenvalue weighted by Crippen LogP contribution is 2.24. The molecule has 0 fully saturated rings. The summed E-state index contributed by atoms with van der Waals surface area (Å²) in [5, 5.41) is 11.3. The van der Waals surface area contributed by atoms with Crippen molar-refractivity contribution in [3.8, 4) is 0 Å². The zero-order valence-electron chi connectivity index (χ0n) is 13.1. The molecular formula is C16H17N5O2S. The van der Waals surface area contributed by atoms with Gasteiger partial charge in [0, 0.05) is 17.5 Å². The second-order valence-electron chi connectivity index (χ2n) is 5.41. The average molecular weight is 343 g/mol. The Morgan fingerprint density at radius 3 is 2.75 bits per heavy atom. The molecule has 0 spiro atoms. The summed E-state index contributed by atoms with van der Waals surface area (Å²) in [6.07, 6.45) is 0.187. The molecule has 1 atom stereocenters. The Bertz CT molecular complexity index is 787. The third-order valence-electron chi connectivity index (χ3n) is 3.59. The number of nitrogens with zero attached hydrogens (tertiary/aromatic N) is 3. The van der Waals surface area contributed by atoms with E-state index in [2.05, 4.69) is 15.4 Å². The minimum atomic E-state index is -0.657. The highest BCUT2D eigenvalue weighted by Gasteiger charge is 2.34. The number of aryl methyl sites for hydroxylation is 1. The lowest BCUT2D eigenvalue weighted by molar-refractivity contribution is -0.119. The van der Waals surface area contributed by atoms with Gasteiger partial charge >= 0.3 is 0 Å². The van der Waals surface area contributed by atoms with Crippen molar-refractivity contribution in [3.63, 3.8) is 0 Å². The van der Waals surface area contributed by atoms with Crippen molar-refractivity contribution in [2.75, 3.05) is 5.01 Å². The van der Waals surface area contributed by atoms with Gasteiger partial charge in [-0.05, 0) is 19.1 Å². The third-order valence-corrected chi connectivity index (χ3v) is 4.56. The van der Waals surface area contributed by atoms with Gasteiger partial charge in [0.2, 0.25) is 5.91 Å². The van der Waals surface area contributed by atoms with E-state index in [1.807, 2.05) is 42.6 Å². The first-order valence-corrected chi connectivity index (χ1v) is 8.33. The molecule has 0 saturated carbocycles. The van der Waals surface area contributed by atoms with Crippen molar-refractivity contribution < 1.29 is 9.59 Å². The van der Waals surface area contributed by atoms with Gasteiger partial charge in [-0.15, -0.1) is 11.3 Å². The van der Waals surface area contributed by atoms with Crippen molar-refractivity contribution >= 4 is 34.6 Å². The molecule has 8 heteroatoms. The smallest absolute Gasteiger partial charge is 0.267 e. The minimum Gasteiger partial charge on any atom is -0.368 e. The van der Waals surface area contributed by atoms with Gasteiger partial charge in [-0.2, -0.15) is 5.10 Å². The van der Waals surface area contributed by atoms with Crippen LogP contribution in [0.25, 0.3) is 0 Å². The van der Waals surface area contributed by atoms with Crippen LogP contribution in [-0.2, 0) is 16.1 Å². The van der Waals surface area contributed by atoms with Gasteiger partial charge in [-0.25, -0.2) is 4.98 Å². The molecule has 124 valence electrons. The molecule has 0 unspecified atom stereocenters. The van der Waals surface area contributed by atoms with Crippen LogP contribution in [0.1, 0.15) is 17.1 Å². The number of anilines is 1. The molecule has 2 heterocycles. The predicted molar refractivity (Wildman–Crippen MR) is 92.7 cm³/mol. The van der Waals surface area contributed by atoms with Crippen LogP contribution >= 0.6 is 11.3 Å². The summed E-state index contributed by atoms with van der Waals surface area (Å²) in [5.74, 6) is -0.825. The van der Waals surface area contributed by atoms with Crippen molar-refractivity contribution in [1.29, 1.82) is 0 Å². The van der Waals surface area contributed by atoms with E-state index in [0.29, 0.717) is 6.54 Å². The van der Waals surface area contributed by atoms with Crippen LogP contribution in [0.15, 0.2) is 40.8 Å². The number of rotatable bonds is 5. The maximum absolute atomic E-state index is 12.3. The van der Waals surface area contributed by atoms with Gasteiger partial charge in [0.05, 0.1) is 12.2 Å². The maximum atomic E-state index is 12.3. The molecule has 0 aliphatic carbocycles. The second kappa shape index (κ2) is 6.79. The lowest BCUT2D eigenvalue weighted by atomic mass is 10.1. The van der Waals surface area contributed by atoms with Crippen LogP contribution in [-0.4, -0.2) is 28.6 Å². The first kappa shape index (κ1) is 16.1. The number of primary amides is 1. The Morgan fingerprint density at radius 2 is 2.12 bits per heavy atom. The van der Waals surface area contributed by atoms with Crippen molar-refractivity contribution in [2.45, 2.75) is 25.9 Å². The summed E-state index contributed by atoms with van der Waals surface area (Å²) >= 11 is 1.49. The van der Waals surface area contributed by atoms with Gasteiger partial charge in [-0.3, -0.25) is 14.6 Å². The number of hydrazone groups is 1. The van der Waals surface area contributed by atoms with E-state index >= 15 is 0 Å². The second-order valence-corrected chi connectivity index (χ2v) is 6.36. The SMILES string of the molecule is Cc1csc(CNC(=O)C2=NN(c3ccccc3)[C@@H](C(N)=O)C2)n1. The van der Waals surface area contributed by atoms with Crippen LogP contribution < -0.4 is 16.1 Å². The van der Waals surface area contributed by atoms with Crippen LogP contribution in [0.2, 0.25) is 0 Å². The van der Waals surface area contributed by atoms with E-state index in [4.69, 9.17) is 5.73 Å². The normalized spacial score (nSPS) is 16.8. The van der Waals surface area contributed by atoms with E-state index in [0.717, 1.165) is 16.4 Å². The number of carbonyl (C=O) groups is 2. The fourth-order valence-corrected chi connectivity index (χ4v) is 3.14. The molecular weight excluding hydrogens is 326 g/mol. The van der Waals surface area contributed by atoms with E-state index in [9.17, 15) is 9.59 Å². The van der Waals surface area contributed by atoms with E-state index < -0.39 is 11.9 Å². The molecule has 3 rings (SSSR count). The number of hydrogen-bond acceptors (Lipinski definition) is 6. The molecule has 7 nitrogen and oxygen atoms in total. The monoisotopic (exact) mass is 343 g/mol. The van der Waals surface area contributed by atoms with Crippen LogP contribution in [0, 0.1) is 6.92 Å². The number of thiazole rings is 1. The summed E-state index contributed by atoms with van der Waals surface area (Å²) < 4.78 is 0. The zero-order valence-corrected chi connectivity index (χ0v) is 13.9. The largest absolute Gasteiger partial charge is 0.368 e. The number of carbonyl (C=O) groups excluding carboxylic acids is 2. The van der Waals surface area contributed by atoms with Crippen LogP contribution in [0.4, 0.5) is 5.69 Å². The molecule has 1 aliphatic heterocycles. The molecule has 1 aromatic heterocycles. The number of aromatic nitrogens is 1. The Labute approximate surface area is 143 Å². The first-order valence-electron chi connectivity index (χ1n) is 7.45. The van der Waals surface area contributed by atoms with Gasteiger partial charge < -0.3 is 11.1 Å². The Hall–Kier alpha value is -2.74. The summed E-state index contributed by atoms with van der Waals surface area (Å²) in [7, 11) is 0. The lowest BCUT2D eigenvalue weighted by Gasteiger charge is -2.20. The minimum absolute atomic E-state index is 0.187. The molecule has 2 aromatic rings. The summed E-state index contributed by atoms with van der Waals surface area (Å²) in [4.78, 5) is 28.3. The standard InChI is InChI=1S/C16H17N5O2S/c1-10-9-24-14(19-10)8-18-16(23)12-7-13(15(17)22)21(20-12)11-5-3-2-4-6-11/h2-6,9,13H,7-8H2,1H3,(H2,17,22)(H,18,23)/t13-/m1/s1. The number of amides is 2. The molecule has 0 bridgehead atoms. The Morgan fingerprint density at radius 1 is 1.38 bits per heavy atom. The number of nitrogens with one attached hydrogen (secondary N) is 1. The van der Waals surface area contributed by atoms with Crippen molar-refractivity contribution in [2.24, 2.45) is 10.8 Å². The molecule has 1 aromatic carbocycles. The highest BCUT2D eigenvalue weighted by atomic mass is 32.1. The van der Waals surface area contributed by atoms with E-state index in [1.54, 1.807) is 0 Å². The zero-order chi connectivity index (χ0) is 17.1. The molecule has 1 aliphatic rings. The Kier molecular flexibility index (Phi) is 4.57. The number of para-hydroxylation sites is 1. The summed E-state index contributed by atoms with van der Waals surface area (Å²) in [6, 6.07) is 8.52. The lowest BCUT2D eigenvalue weighted by Crippen LogP contribution is -2.39. The van der Waals surface area contributed by atoms with Crippen LogP contribution in [0.5, 0.6) is 0 Å². The fourth-order valence-electron chi connectivity index (χ4n) is 2.43. The summed E-state index contributed by atoms with van der Waals surface area (Å²) in [5.41, 5.74) is 7.39. The first-order chi connectivity index (χ1) is 11.5. The van der Waals surface area contributed by atoms with E-state index in [1.165, 1.54) is 16.3 Å². The molecule has 0 saturated heterocycles. The molecule has 0 radical (unpaired) electrons. The molecule has 24 heavy (non-hydrogen) atoms. The predicted octanol–water partition coefficient (Wildman–Crippen LogP) is 1.19. The highest BCUT2D eigenvalue weighted by molar-refractivity contribution is 7.09. The number of benzene rings is 1. The summed E-state index contributed by atoms with van der Waals surface area (Å²) in [6.45, 7) is 2.24. The van der Waals surface area contributed by atoms with Gasteiger partial charge in [-0.1, -0.05) is 18.2 Å². The van der Waals surface area contributed by atoms with Crippen LogP contribution in [0.3, 0.4) is 0 Å². The maximum Gasteiger partial charge on any atom is 0.267 e. The number of hydrogen-bond donors (Lipinski definition) is 2. The van der Waals surface area contributed by atoms with Gasteiger partial charge in [0.1, 0.15) is 16.8 Å². The van der Waals surface area contributed by atoms with E-state index in [-0.39, 0.29) is 18.0 Å². The topological polar surface area (TPSA) is 101 Å². The Balaban J connectivity index is 1.72. The van der Waals surface area contributed by atoms with Gasteiger partial charge in [0.15, 0.2) is 0 Å². The van der Waals surface area contributed by atoms with Crippen molar-refractivity contribution in [1.82, 2.24) is 10.3 Å². The van der Waals surface area contributed by atoms with Crippen molar-refractivity contribution in [3.05, 3.63) is 46.4 Å². The average Bonchev–Trinajstić information content (AvgIpc) is 3.20. The third kappa shape index (κ3) is 3.43. The molecule has 2 amide bonds.